The maximum atomic E-state index is 12.1. The van der Waals surface area contributed by atoms with Crippen LogP contribution in [0, 0.1) is 0 Å². The Morgan fingerprint density at radius 2 is 1.56 bits per heavy atom. The van der Waals surface area contributed by atoms with E-state index in [9.17, 15) is 4.79 Å². The number of hydrazone groups is 1. The molecule has 0 aromatic heterocycles. The average molecular weight is 515 g/mol. The van der Waals surface area contributed by atoms with Crippen molar-refractivity contribution in [2.75, 3.05) is 18.1 Å². The summed E-state index contributed by atoms with van der Waals surface area (Å²) < 4.78 is 12.1. The number of nitrogens with zero attached hydrogens (tertiary/aromatic N) is 1. The molecule has 36 heavy (non-hydrogen) atoms. The van der Waals surface area contributed by atoms with Crippen LogP contribution in [0.4, 0.5) is 0 Å². The van der Waals surface area contributed by atoms with E-state index in [4.69, 9.17) is 9.47 Å². The second-order valence-corrected chi connectivity index (χ2v) is 10.9. The third-order valence-corrected chi connectivity index (χ3v) is 8.81. The molecular weight excluding hydrogens is 488 g/mol. The summed E-state index contributed by atoms with van der Waals surface area (Å²) in [7, 11) is 0. The third kappa shape index (κ3) is 6.42. The molecule has 0 atom stereocenters. The number of nitrogens with one attached hydrogen (secondary N) is 1. The lowest BCUT2D eigenvalue weighted by molar-refractivity contribution is -0.123. The van der Waals surface area contributed by atoms with Gasteiger partial charge in [0.1, 0.15) is 18.1 Å². The molecule has 0 spiro atoms. The number of carbonyl (C=O) groups excluding carboxylic acids is 1. The highest BCUT2D eigenvalue weighted by Crippen LogP contribution is 2.45. The Kier molecular flexibility index (Phi) is 8.10. The van der Waals surface area contributed by atoms with Crippen molar-refractivity contribution in [1.29, 1.82) is 0 Å². The van der Waals surface area contributed by atoms with Crippen molar-refractivity contribution in [3.8, 4) is 11.5 Å². The van der Waals surface area contributed by atoms with Gasteiger partial charge in [0.05, 0.1) is 10.8 Å². The number of ether oxygens (including phenoxy) is 2. The van der Waals surface area contributed by atoms with E-state index < -0.39 is 0 Å². The molecule has 5 nitrogen and oxygen atoms in total. The molecule has 0 aliphatic carbocycles. The van der Waals surface area contributed by atoms with Crippen LogP contribution in [0.5, 0.6) is 11.5 Å². The molecule has 1 aliphatic heterocycles. The van der Waals surface area contributed by atoms with Gasteiger partial charge in [-0.1, -0.05) is 54.6 Å². The van der Waals surface area contributed by atoms with Gasteiger partial charge in [0.2, 0.25) is 0 Å². The first-order chi connectivity index (χ1) is 17.7. The van der Waals surface area contributed by atoms with Gasteiger partial charge in [0.15, 0.2) is 6.61 Å². The number of amides is 1. The maximum absolute atomic E-state index is 12.1. The first-order valence-electron chi connectivity index (χ1n) is 11.7. The lowest BCUT2D eigenvalue weighted by Gasteiger charge is -2.10. The van der Waals surface area contributed by atoms with Crippen LogP contribution in [0.3, 0.4) is 0 Å². The summed E-state index contributed by atoms with van der Waals surface area (Å²) in [5.41, 5.74) is 5.79. The Balaban J connectivity index is 1.06. The second kappa shape index (κ2) is 12.0. The number of benzene rings is 4. The molecule has 7 heteroatoms. The van der Waals surface area contributed by atoms with Gasteiger partial charge in [0, 0.05) is 11.5 Å². The first kappa shape index (κ1) is 24.3. The molecule has 182 valence electrons. The number of thioether (sulfide) groups is 2. The number of hydrogen-bond acceptors (Lipinski definition) is 6. The van der Waals surface area contributed by atoms with Crippen LogP contribution in [0.1, 0.15) is 21.3 Å². The highest BCUT2D eigenvalue weighted by atomic mass is 32.2. The van der Waals surface area contributed by atoms with Crippen molar-refractivity contribution in [2.45, 2.75) is 11.2 Å². The zero-order valence-electron chi connectivity index (χ0n) is 19.6. The van der Waals surface area contributed by atoms with Crippen LogP contribution in [0.25, 0.3) is 10.8 Å². The largest absolute Gasteiger partial charge is 0.489 e. The van der Waals surface area contributed by atoms with E-state index in [2.05, 4.69) is 46.9 Å². The van der Waals surface area contributed by atoms with E-state index >= 15 is 0 Å². The number of rotatable bonds is 9. The fourth-order valence-corrected chi connectivity index (χ4v) is 6.72. The minimum absolute atomic E-state index is 0.0927. The molecular formula is C29H26N2O3S2. The summed E-state index contributed by atoms with van der Waals surface area (Å²) in [6, 6.07) is 30.1. The van der Waals surface area contributed by atoms with Crippen LogP contribution < -0.4 is 14.9 Å². The first-order valence-corrected chi connectivity index (χ1v) is 13.8. The van der Waals surface area contributed by atoms with Crippen molar-refractivity contribution in [3.63, 3.8) is 0 Å². The zero-order valence-corrected chi connectivity index (χ0v) is 21.3. The molecule has 1 saturated heterocycles. The van der Waals surface area contributed by atoms with E-state index in [1.165, 1.54) is 27.8 Å². The normalized spacial score (nSPS) is 13.8. The number of hydrogen-bond donors (Lipinski definition) is 1. The van der Waals surface area contributed by atoms with Gasteiger partial charge in [-0.05, 0) is 63.9 Å². The van der Waals surface area contributed by atoms with Gasteiger partial charge in [-0.15, -0.1) is 23.5 Å². The summed E-state index contributed by atoms with van der Waals surface area (Å²) in [5, 5.41) is 6.43. The maximum Gasteiger partial charge on any atom is 0.277 e. The lowest BCUT2D eigenvalue weighted by atomic mass is 10.1. The zero-order chi connectivity index (χ0) is 24.6. The molecule has 0 bridgehead atoms. The van der Waals surface area contributed by atoms with Crippen molar-refractivity contribution >= 4 is 46.4 Å². The van der Waals surface area contributed by atoms with Crippen LogP contribution in [0.15, 0.2) is 96.1 Å². The van der Waals surface area contributed by atoms with Gasteiger partial charge in [-0.25, -0.2) is 5.43 Å². The SMILES string of the molecule is O=C(COc1ccc(C2SCCS2)cc1)N/N=C\c1ccc(OCc2cccc3ccccc23)cc1. The fourth-order valence-electron chi connectivity index (χ4n) is 3.86. The van der Waals surface area contributed by atoms with Crippen molar-refractivity contribution < 1.29 is 14.3 Å². The number of fused-ring (bicyclic) bond motifs is 1. The molecule has 1 amide bonds. The topological polar surface area (TPSA) is 59.9 Å². The molecule has 0 radical (unpaired) electrons. The quantitative estimate of drug-likeness (QED) is 0.206. The Labute approximate surface area is 219 Å². The van der Waals surface area contributed by atoms with E-state index in [1.54, 1.807) is 6.21 Å². The van der Waals surface area contributed by atoms with Gasteiger partial charge in [-0.2, -0.15) is 5.10 Å². The van der Waals surface area contributed by atoms with E-state index in [-0.39, 0.29) is 12.5 Å². The predicted octanol–water partition coefficient (Wildman–Crippen LogP) is 6.43. The van der Waals surface area contributed by atoms with Gasteiger partial charge < -0.3 is 9.47 Å². The lowest BCUT2D eigenvalue weighted by Crippen LogP contribution is -2.24. The van der Waals surface area contributed by atoms with E-state index in [0.717, 1.165) is 16.9 Å². The molecule has 1 N–H and O–H groups in total. The summed E-state index contributed by atoms with van der Waals surface area (Å²) >= 11 is 3.93. The molecule has 5 rings (SSSR count). The highest BCUT2D eigenvalue weighted by molar-refractivity contribution is 8.19. The molecule has 1 heterocycles. The fraction of sp³-hybridized carbons (Fsp3) is 0.172. The van der Waals surface area contributed by atoms with Crippen LogP contribution in [-0.2, 0) is 11.4 Å². The monoisotopic (exact) mass is 514 g/mol. The van der Waals surface area contributed by atoms with Gasteiger partial charge in [-0.3, -0.25) is 4.79 Å². The Morgan fingerprint density at radius 3 is 2.36 bits per heavy atom. The molecule has 1 aliphatic rings. The van der Waals surface area contributed by atoms with E-state index in [0.29, 0.717) is 16.9 Å². The Morgan fingerprint density at radius 1 is 0.861 bits per heavy atom. The Bertz CT molecular complexity index is 1330. The minimum Gasteiger partial charge on any atom is -0.489 e. The molecule has 4 aromatic carbocycles. The number of carbonyl (C=O) groups is 1. The summed E-state index contributed by atoms with van der Waals surface area (Å²) in [6.45, 7) is 0.399. The molecule has 1 fully saturated rings. The highest BCUT2D eigenvalue weighted by Gasteiger charge is 2.18. The van der Waals surface area contributed by atoms with Crippen LogP contribution in [-0.4, -0.2) is 30.2 Å². The standard InChI is InChI=1S/C29H26N2O3S2/c32-28(20-34-26-14-10-23(11-15-26)29-35-16-17-36-29)31-30-18-21-8-12-25(13-9-21)33-19-24-6-3-5-22-4-1-2-7-27(22)24/h1-15,18,29H,16-17,19-20H2,(H,31,32)/b30-18-. The van der Waals surface area contributed by atoms with Crippen molar-refractivity contribution in [2.24, 2.45) is 5.10 Å². The summed E-state index contributed by atoms with van der Waals surface area (Å²) in [5.74, 6) is 3.52. The Hall–Kier alpha value is -3.42. The molecule has 4 aromatic rings. The predicted molar refractivity (Wildman–Crippen MR) is 150 cm³/mol. The molecule has 0 saturated carbocycles. The van der Waals surface area contributed by atoms with Gasteiger partial charge >= 0.3 is 0 Å². The minimum atomic E-state index is -0.313. The third-order valence-electron chi connectivity index (χ3n) is 5.70. The van der Waals surface area contributed by atoms with E-state index in [1.807, 2.05) is 78.1 Å². The average Bonchev–Trinajstić information content (AvgIpc) is 3.47. The smallest absolute Gasteiger partial charge is 0.277 e. The second-order valence-electron chi connectivity index (χ2n) is 8.22. The van der Waals surface area contributed by atoms with Crippen molar-refractivity contribution in [3.05, 3.63) is 108 Å². The summed E-state index contributed by atoms with van der Waals surface area (Å²) in [4.78, 5) is 12.1. The summed E-state index contributed by atoms with van der Waals surface area (Å²) in [6.07, 6.45) is 1.60. The van der Waals surface area contributed by atoms with Crippen LogP contribution >= 0.6 is 23.5 Å². The molecule has 0 unspecified atom stereocenters. The van der Waals surface area contributed by atoms with Gasteiger partial charge in [0.25, 0.3) is 5.91 Å². The van der Waals surface area contributed by atoms with Crippen molar-refractivity contribution in [1.82, 2.24) is 5.43 Å². The van der Waals surface area contributed by atoms with Crippen LogP contribution in [0.2, 0.25) is 0 Å².